The van der Waals surface area contributed by atoms with Crippen molar-refractivity contribution in [2.45, 2.75) is 20.3 Å². The highest BCUT2D eigenvalue weighted by Crippen LogP contribution is 2.18. The molecule has 89 valence electrons. The zero-order chi connectivity index (χ0) is 12.5. The summed E-state index contributed by atoms with van der Waals surface area (Å²) in [6.45, 7) is 8.17. The number of benzene rings is 1. The Morgan fingerprint density at radius 3 is 2.47 bits per heavy atom. The van der Waals surface area contributed by atoms with E-state index in [0.29, 0.717) is 5.92 Å². The maximum Gasteiger partial charge on any atom is 0.0196 e. The maximum atomic E-state index is 3.71. The summed E-state index contributed by atoms with van der Waals surface area (Å²) >= 11 is 0. The molecule has 0 heteroatoms. The van der Waals surface area contributed by atoms with Crippen LogP contribution >= 0.6 is 0 Å². The van der Waals surface area contributed by atoms with Gasteiger partial charge in [-0.05, 0) is 17.9 Å². The van der Waals surface area contributed by atoms with Crippen molar-refractivity contribution in [3.63, 3.8) is 0 Å². The second-order valence-electron chi connectivity index (χ2n) is 4.51. The molecule has 0 saturated carbocycles. The summed E-state index contributed by atoms with van der Waals surface area (Å²) in [4.78, 5) is 0. The van der Waals surface area contributed by atoms with E-state index in [4.69, 9.17) is 0 Å². The van der Waals surface area contributed by atoms with Crippen LogP contribution in [0.15, 0.2) is 61.2 Å². The van der Waals surface area contributed by atoms with Crippen LogP contribution in [0.5, 0.6) is 0 Å². The van der Waals surface area contributed by atoms with E-state index in [0.717, 1.165) is 6.42 Å². The molecule has 0 aliphatic rings. The van der Waals surface area contributed by atoms with Gasteiger partial charge in [-0.1, -0.05) is 81.1 Å². The van der Waals surface area contributed by atoms with Crippen molar-refractivity contribution in [1.29, 1.82) is 0 Å². The summed E-state index contributed by atoms with van der Waals surface area (Å²) in [5.41, 5.74) is 1.24. The molecule has 1 radical (unpaired) electrons. The SMILES string of the molecule is C=CC=C[C](C=Cc1ccccc1)CC(C)C. The van der Waals surface area contributed by atoms with Gasteiger partial charge < -0.3 is 0 Å². The molecule has 0 nitrogen and oxygen atoms in total. The minimum Gasteiger partial charge on any atom is -0.0991 e. The largest absolute Gasteiger partial charge is 0.0991 e. The Labute approximate surface area is 105 Å². The molecule has 0 aliphatic carbocycles. The molecule has 0 atom stereocenters. The van der Waals surface area contributed by atoms with E-state index in [1.54, 1.807) is 0 Å². The minimum atomic E-state index is 0.667. The van der Waals surface area contributed by atoms with Crippen LogP contribution in [0.3, 0.4) is 0 Å². The molecule has 0 amide bonds. The van der Waals surface area contributed by atoms with E-state index in [-0.39, 0.29) is 0 Å². The molecule has 0 bridgehead atoms. The van der Waals surface area contributed by atoms with Crippen LogP contribution in [0.25, 0.3) is 6.08 Å². The van der Waals surface area contributed by atoms with Gasteiger partial charge in [-0.3, -0.25) is 0 Å². The summed E-state index contributed by atoms with van der Waals surface area (Å²) in [5, 5.41) is 0. The summed E-state index contributed by atoms with van der Waals surface area (Å²) in [6.07, 6.45) is 11.4. The Morgan fingerprint density at radius 1 is 1.18 bits per heavy atom. The van der Waals surface area contributed by atoms with Gasteiger partial charge in [0, 0.05) is 5.92 Å². The number of hydrogen-bond acceptors (Lipinski definition) is 0. The van der Waals surface area contributed by atoms with Crippen LogP contribution in [0.4, 0.5) is 0 Å². The minimum absolute atomic E-state index is 0.667. The van der Waals surface area contributed by atoms with Crippen molar-refractivity contribution >= 4 is 6.08 Å². The fraction of sp³-hybridized carbons (Fsp3) is 0.235. The fourth-order valence-electron chi connectivity index (χ4n) is 1.62. The zero-order valence-corrected chi connectivity index (χ0v) is 10.8. The van der Waals surface area contributed by atoms with Crippen LogP contribution in [0.1, 0.15) is 25.8 Å². The molecule has 17 heavy (non-hydrogen) atoms. The second kappa shape index (κ2) is 7.67. The van der Waals surface area contributed by atoms with Gasteiger partial charge in [0.2, 0.25) is 0 Å². The van der Waals surface area contributed by atoms with Gasteiger partial charge in [0.15, 0.2) is 0 Å². The van der Waals surface area contributed by atoms with Crippen molar-refractivity contribution < 1.29 is 0 Å². The average molecular weight is 225 g/mol. The van der Waals surface area contributed by atoms with E-state index in [2.05, 4.69) is 62.9 Å². The molecule has 1 aromatic carbocycles. The average Bonchev–Trinajstić information content (AvgIpc) is 2.33. The van der Waals surface area contributed by atoms with Crippen LogP contribution in [-0.4, -0.2) is 0 Å². The summed E-state index contributed by atoms with van der Waals surface area (Å²) in [5.74, 6) is 2.00. The quantitative estimate of drug-likeness (QED) is 0.593. The van der Waals surface area contributed by atoms with Gasteiger partial charge >= 0.3 is 0 Å². The van der Waals surface area contributed by atoms with Crippen molar-refractivity contribution in [3.8, 4) is 0 Å². The normalized spacial score (nSPS) is 12.0. The molecule has 0 unspecified atom stereocenters. The third-order valence-electron chi connectivity index (χ3n) is 2.38. The number of rotatable bonds is 6. The van der Waals surface area contributed by atoms with E-state index in [1.165, 1.54) is 11.5 Å². The van der Waals surface area contributed by atoms with Gasteiger partial charge in [0.05, 0.1) is 0 Å². The summed E-state index contributed by atoms with van der Waals surface area (Å²) in [6, 6.07) is 10.4. The molecule has 0 aliphatic heterocycles. The molecule has 0 fully saturated rings. The first-order valence-corrected chi connectivity index (χ1v) is 6.10. The van der Waals surface area contributed by atoms with Crippen LogP contribution in [0, 0.1) is 11.8 Å². The van der Waals surface area contributed by atoms with Gasteiger partial charge in [-0.25, -0.2) is 0 Å². The maximum absolute atomic E-state index is 3.71. The summed E-state index contributed by atoms with van der Waals surface area (Å²) in [7, 11) is 0. The van der Waals surface area contributed by atoms with Gasteiger partial charge in [0.25, 0.3) is 0 Å². The lowest BCUT2D eigenvalue weighted by Gasteiger charge is -2.09. The monoisotopic (exact) mass is 225 g/mol. The van der Waals surface area contributed by atoms with E-state index in [1.807, 2.05) is 18.2 Å². The number of allylic oxidation sites excluding steroid dienone is 4. The van der Waals surface area contributed by atoms with Crippen molar-refractivity contribution in [3.05, 3.63) is 72.7 Å². The molecule has 0 spiro atoms. The molecule has 1 aromatic rings. The van der Waals surface area contributed by atoms with E-state index < -0.39 is 0 Å². The smallest absolute Gasteiger partial charge is 0.0196 e. The Morgan fingerprint density at radius 2 is 1.88 bits per heavy atom. The molecule has 0 saturated heterocycles. The predicted octanol–water partition coefficient (Wildman–Crippen LogP) is 5.06. The van der Waals surface area contributed by atoms with E-state index >= 15 is 0 Å². The Bertz CT molecular complexity index is 368. The third kappa shape index (κ3) is 5.91. The molecular formula is C17H21. The summed E-state index contributed by atoms with van der Waals surface area (Å²) < 4.78 is 0. The highest BCUT2D eigenvalue weighted by molar-refractivity contribution is 5.52. The van der Waals surface area contributed by atoms with Gasteiger partial charge in [0.1, 0.15) is 0 Å². The Kier molecular flexibility index (Phi) is 6.09. The topological polar surface area (TPSA) is 0 Å². The Hall–Kier alpha value is -1.56. The van der Waals surface area contributed by atoms with Crippen molar-refractivity contribution in [2.24, 2.45) is 5.92 Å². The second-order valence-corrected chi connectivity index (χ2v) is 4.51. The highest BCUT2D eigenvalue weighted by atomic mass is 14.1. The van der Waals surface area contributed by atoms with Gasteiger partial charge in [-0.2, -0.15) is 0 Å². The van der Waals surface area contributed by atoms with Crippen LogP contribution in [-0.2, 0) is 0 Å². The van der Waals surface area contributed by atoms with Crippen molar-refractivity contribution in [2.75, 3.05) is 0 Å². The lowest BCUT2D eigenvalue weighted by molar-refractivity contribution is 0.626. The molecular weight excluding hydrogens is 204 g/mol. The third-order valence-corrected chi connectivity index (χ3v) is 2.38. The molecule has 1 rings (SSSR count). The Balaban J connectivity index is 2.68. The van der Waals surface area contributed by atoms with Crippen LogP contribution < -0.4 is 0 Å². The molecule has 0 heterocycles. The van der Waals surface area contributed by atoms with Crippen LogP contribution in [0.2, 0.25) is 0 Å². The first-order chi connectivity index (χ1) is 8.22. The fourth-order valence-corrected chi connectivity index (χ4v) is 1.62. The standard InChI is InChI=1S/C17H21/c1-4-5-9-17(14-15(2)3)13-12-16-10-7-6-8-11-16/h4-13,15H,1,14H2,2-3H3. The lowest BCUT2D eigenvalue weighted by atomic mass is 9.95. The van der Waals surface area contributed by atoms with Gasteiger partial charge in [-0.15, -0.1) is 0 Å². The molecule has 0 N–H and O–H groups in total. The zero-order valence-electron chi connectivity index (χ0n) is 10.8. The van der Waals surface area contributed by atoms with E-state index in [9.17, 15) is 0 Å². The lowest BCUT2D eigenvalue weighted by Crippen LogP contribution is -1.95. The van der Waals surface area contributed by atoms with Crippen molar-refractivity contribution in [1.82, 2.24) is 0 Å². The first kappa shape index (κ1) is 13.5. The highest BCUT2D eigenvalue weighted by Gasteiger charge is 2.03. The first-order valence-electron chi connectivity index (χ1n) is 6.10. The predicted molar refractivity (Wildman–Crippen MR) is 77.5 cm³/mol. The molecule has 0 aromatic heterocycles. The number of hydrogen-bond donors (Lipinski definition) is 0.